The molecule has 0 aromatic carbocycles. The maximum Gasteiger partial charge on any atom is 0.221 e. The van der Waals surface area contributed by atoms with Crippen molar-refractivity contribution in [3.05, 3.63) is 0 Å². The van der Waals surface area contributed by atoms with E-state index >= 15 is 0 Å². The molecule has 0 aromatic rings. The quantitative estimate of drug-likeness (QED) is 0.610. The number of likely N-dealkylation sites (tertiary alicyclic amines) is 1. The number of carbonyl (C=O) groups is 1. The van der Waals surface area contributed by atoms with E-state index < -0.39 is 0 Å². The molecule has 0 bridgehead atoms. The standard InChI is InChI=1S/C21H43N3O/c1-7-20(22-21(25)10-8-9-17(2)3)24-13-11-19(12-14-24)15-18(4)16-23(5)6/h17-20H,7-16H2,1-6H3,(H,22,25). The monoisotopic (exact) mass is 353 g/mol. The molecule has 0 aliphatic carbocycles. The summed E-state index contributed by atoms with van der Waals surface area (Å²) in [5, 5.41) is 3.27. The fourth-order valence-corrected chi connectivity index (χ4v) is 4.15. The Morgan fingerprint density at radius 1 is 1.20 bits per heavy atom. The van der Waals surface area contributed by atoms with Crippen molar-refractivity contribution < 1.29 is 4.79 Å². The molecule has 1 N–H and O–H groups in total. The first-order valence-electron chi connectivity index (χ1n) is 10.5. The molecule has 0 aromatic heterocycles. The number of rotatable bonds is 11. The lowest BCUT2D eigenvalue weighted by Crippen LogP contribution is -2.50. The minimum absolute atomic E-state index is 0.228. The Hall–Kier alpha value is -0.610. The number of nitrogens with one attached hydrogen (secondary N) is 1. The van der Waals surface area contributed by atoms with E-state index in [1.54, 1.807) is 0 Å². The molecule has 1 aliphatic heterocycles. The third kappa shape index (κ3) is 9.60. The molecule has 1 saturated heterocycles. The van der Waals surface area contributed by atoms with Crippen molar-refractivity contribution in [1.82, 2.24) is 15.1 Å². The molecule has 1 heterocycles. The highest BCUT2D eigenvalue weighted by Crippen LogP contribution is 2.25. The summed E-state index contributed by atoms with van der Waals surface area (Å²) in [4.78, 5) is 17.0. The zero-order valence-electron chi connectivity index (χ0n) is 17.7. The summed E-state index contributed by atoms with van der Waals surface area (Å²) in [6, 6.07) is 0. The normalized spacial score (nSPS) is 19.4. The van der Waals surface area contributed by atoms with Crippen LogP contribution in [0.15, 0.2) is 0 Å². The molecule has 1 rings (SSSR count). The number of amides is 1. The average molecular weight is 354 g/mol. The van der Waals surface area contributed by atoms with Crippen molar-refractivity contribution in [2.75, 3.05) is 33.7 Å². The van der Waals surface area contributed by atoms with E-state index in [9.17, 15) is 4.79 Å². The van der Waals surface area contributed by atoms with Crippen LogP contribution in [-0.2, 0) is 4.79 Å². The molecule has 148 valence electrons. The molecular weight excluding hydrogens is 310 g/mol. The van der Waals surface area contributed by atoms with E-state index in [1.165, 1.54) is 25.8 Å². The van der Waals surface area contributed by atoms with Crippen LogP contribution in [0.1, 0.15) is 72.6 Å². The van der Waals surface area contributed by atoms with Crippen molar-refractivity contribution in [2.24, 2.45) is 17.8 Å². The van der Waals surface area contributed by atoms with Gasteiger partial charge in [0.25, 0.3) is 0 Å². The Balaban J connectivity index is 2.31. The lowest BCUT2D eigenvalue weighted by atomic mass is 9.87. The smallest absolute Gasteiger partial charge is 0.221 e. The van der Waals surface area contributed by atoms with E-state index in [0.29, 0.717) is 12.3 Å². The topological polar surface area (TPSA) is 35.6 Å². The first-order valence-corrected chi connectivity index (χ1v) is 10.5. The summed E-state index contributed by atoms with van der Waals surface area (Å²) >= 11 is 0. The van der Waals surface area contributed by atoms with Crippen molar-refractivity contribution in [3.63, 3.8) is 0 Å². The van der Waals surface area contributed by atoms with Crippen LogP contribution in [0.3, 0.4) is 0 Å². The second-order valence-electron chi connectivity index (χ2n) is 8.86. The molecule has 0 spiro atoms. The van der Waals surface area contributed by atoms with E-state index in [4.69, 9.17) is 0 Å². The SMILES string of the molecule is CCC(NC(=O)CCCC(C)C)N1CCC(CC(C)CN(C)C)CC1. The molecule has 0 saturated carbocycles. The van der Waals surface area contributed by atoms with Crippen LogP contribution in [0.5, 0.6) is 0 Å². The molecule has 4 heteroatoms. The van der Waals surface area contributed by atoms with Gasteiger partial charge < -0.3 is 10.2 Å². The number of nitrogens with zero attached hydrogens (tertiary/aromatic N) is 2. The molecule has 1 amide bonds. The van der Waals surface area contributed by atoms with Crippen LogP contribution < -0.4 is 5.32 Å². The van der Waals surface area contributed by atoms with Crippen LogP contribution in [0.4, 0.5) is 0 Å². The summed E-state index contributed by atoms with van der Waals surface area (Å²) in [7, 11) is 4.32. The molecule has 1 aliphatic rings. The van der Waals surface area contributed by atoms with E-state index in [0.717, 1.165) is 44.2 Å². The van der Waals surface area contributed by atoms with Crippen molar-refractivity contribution in [1.29, 1.82) is 0 Å². The Morgan fingerprint density at radius 3 is 2.36 bits per heavy atom. The number of hydrogen-bond acceptors (Lipinski definition) is 3. The number of carbonyl (C=O) groups excluding carboxylic acids is 1. The highest BCUT2D eigenvalue weighted by atomic mass is 16.1. The van der Waals surface area contributed by atoms with E-state index in [1.807, 2.05) is 0 Å². The fourth-order valence-electron chi connectivity index (χ4n) is 4.15. The molecule has 2 unspecified atom stereocenters. The zero-order valence-corrected chi connectivity index (χ0v) is 17.7. The summed E-state index contributed by atoms with van der Waals surface area (Å²) in [5.41, 5.74) is 0. The first-order chi connectivity index (χ1) is 11.8. The predicted octanol–water partition coefficient (Wildman–Crippen LogP) is 3.96. The maximum absolute atomic E-state index is 12.2. The van der Waals surface area contributed by atoms with Crippen molar-refractivity contribution in [3.8, 4) is 0 Å². The highest BCUT2D eigenvalue weighted by Gasteiger charge is 2.26. The predicted molar refractivity (Wildman–Crippen MR) is 108 cm³/mol. The summed E-state index contributed by atoms with van der Waals surface area (Å²) in [6.07, 6.45) is 7.93. The summed E-state index contributed by atoms with van der Waals surface area (Å²) < 4.78 is 0. The molecule has 25 heavy (non-hydrogen) atoms. The van der Waals surface area contributed by atoms with Gasteiger partial charge in [0.15, 0.2) is 0 Å². The van der Waals surface area contributed by atoms with Crippen molar-refractivity contribution >= 4 is 5.91 Å². The van der Waals surface area contributed by atoms with Gasteiger partial charge in [-0.05, 0) is 64.0 Å². The van der Waals surface area contributed by atoms with Crippen LogP contribution in [0.2, 0.25) is 0 Å². The summed E-state index contributed by atoms with van der Waals surface area (Å²) in [6.45, 7) is 12.4. The van der Waals surface area contributed by atoms with Gasteiger partial charge in [0.1, 0.15) is 0 Å². The van der Waals surface area contributed by atoms with Crippen LogP contribution >= 0.6 is 0 Å². The van der Waals surface area contributed by atoms with Gasteiger partial charge in [0.05, 0.1) is 6.17 Å². The molecule has 0 radical (unpaired) electrons. The van der Waals surface area contributed by atoms with Gasteiger partial charge in [0.2, 0.25) is 5.91 Å². The maximum atomic E-state index is 12.2. The third-order valence-corrected chi connectivity index (χ3v) is 5.40. The second kappa shape index (κ2) is 11.9. The Labute approximate surface area is 156 Å². The number of hydrogen-bond donors (Lipinski definition) is 1. The highest BCUT2D eigenvalue weighted by molar-refractivity contribution is 5.76. The van der Waals surface area contributed by atoms with E-state index in [2.05, 4.69) is 56.9 Å². The third-order valence-electron chi connectivity index (χ3n) is 5.40. The Morgan fingerprint density at radius 2 is 1.84 bits per heavy atom. The van der Waals surface area contributed by atoms with Gasteiger partial charge in [-0.3, -0.25) is 9.69 Å². The molecule has 1 fully saturated rings. The van der Waals surface area contributed by atoms with Gasteiger partial charge in [-0.25, -0.2) is 0 Å². The van der Waals surface area contributed by atoms with Gasteiger partial charge in [-0.2, -0.15) is 0 Å². The van der Waals surface area contributed by atoms with E-state index in [-0.39, 0.29) is 12.1 Å². The van der Waals surface area contributed by atoms with Crippen molar-refractivity contribution in [2.45, 2.75) is 78.8 Å². The second-order valence-corrected chi connectivity index (χ2v) is 8.86. The number of piperidine rings is 1. The molecule has 2 atom stereocenters. The minimum atomic E-state index is 0.228. The Kier molecular flexibility index (Phi) is 10.7. The average Bonchev–Trinajstić information content (AvgIpc) is 2.52. The van der Waals surface area contributed by atoms with Gasteiger partial charge in [-0.15, -0.1) is 0 Å². The largest absolute Gasteiger partial charge is 0.341 e. The van der Waals surface area contributed by atoms with Crippen LogP contribution in [0, 0.1) is 17.8 Å². The minimum Gasteiger partial charge on any atom is -0.341 e. The molecular formula is C21H43N3O. The zero-order chi connectivity index (χ0) is 18.8. The van der Waals surface area contributed by atoms with Crippen LogP contribution in [0.25, 0.3) is 0 Å². The van der Waals surface area contributed by atoms with Gasteiger partial charge in [0, 0.05) is 26.1 Å². The fraction of sp³-hybridized carbons (Fsp3) is 0.952. The lowest BCUT2D eigenvalue weighted by Gasteiger charge is -2.38. The molecule has 4 nitrogen and oxygen atoms in total. The van der Waals surface area contributed by atoms with Gasteiger partial charge >= 0.3 is 0 Å². The summed E-state index contributed by atoms with van der Waals surface area (Å²) in [5.74, 6) is 2.54. The van der Waals surface area contributed by atoms with Crippen LogP contribution in [-0.4, -0.2) is 55.6 Å². The van der Waals surface area contributed by atoms with Gasteiger partial charge in [-0.1, -0.05) is 34.1 Å². The Bertz CT molecular complexity index is 362. The first kappa shape index (κ1) is 22.4. The lowest BCUT2D eigenvalue weighted by molar-refractivity contribution is -0.123.